The third-order valence-corrected chi connectivity index (χ3v) is 3.77. The van der Waals surface area contributed by atoms with Gasteiger partial charge in [0, 0.05) is 0 Å². The van der Waals surface area contributed by atoms with Crippen LogP contribution in [0.3, 0.4) is 0 Å². The molecule has 0 atom stereocenters. The Bertz CT molecular complexity index is 682. The fraction of sp³-hybridized carbons (Fsp3) is 0.400. The third kappa shape index (κ3) is 38.1. The van der Waals surface area contributed by atoms with Gasteiger partial charge in [-0.15, -0.1) is 0 Å². The first-order chi connectivity index (χ1) is 15.9. The first-order valence-electron chi connectivity index (χ1n) is 10.1. The maximum absolute atomic E-state index is 9.75. The van der Waals surface area contributed by atoms with E-state index in [4.69, 9.17) is 0 Å². The van der Waals surface area contributed by atoms with Crippen LogP contribution in [0.5, 0.6) is 0 Å². The molecule has 200 valence electrons. The number of carboxylic acids is 5. The Morgan fingerprint density at radius 3 is 0.444 bits per heavy atom. The van der Waals surface area contributed by atoms with E-state index in [0.717, 1.165) is 0 Å². The molecule has 0 aliphatic carbocycles. The van der Waals surface area contributed by atoms with Gasteiger partial charge in [0.2, 0.25) is 0 Å². The number of hydrogen-bond donors (Lipinski definition) is 0. The number of carbonyl (C=O) groups excluding carboxylic acids is 5. The van der Waals surface area contributed by atoms with Crippen molar-refractivity contribution in [3.05, 3.63) is 58.2 Å². The summed E-state index contributed by atoms with van der Waals surface area (Å²) in [7, 11) is 0. The van der Waals surface area contributed by atoms with E-state index in [1.807, 2.05) is 0 Å². The monoisotopic (exact) mass is 588 g/mol. The molecule has 0 aromatic rings. The number of carbonyl (C=O) groups is 5. The molecule has 0 aliphatic heterocycles. The molecular weight excluding hydrogens is 553 g/mol. The summed E-state index contributed by atoms with van der Waals surface area (Å²) in [6.07, 6.45) is 7.48. The number of carboxylic acid groups (broad SMARTS) is 5. The van der Waals surface area contributed by atoms with Crippen molar-refractivity contribution >= 4 is 29.8 Å². The maximum atomic E-state index is 9.75. The molecule has 0 aliphatic rings. The molecule has 0 heterocycles. The summed E-state index contributed by atoms with van der Waals surface area (Å²) < 4.78 is 0. The van der Waals surface area contributed by atoms with Crippen molar-refractivity contribution in [1.82, 2.24) is 0 Å². The number of allylic oxidation sites excluding steroid dienone is 5. The predicted octanol–water partition coefficient (Wildman–Crippen LogP) is -1.49. The van der Waals surface area contributed by atoms with E-state index in [1.54, 1.807) is 34.6 Å². The molecule has 0 radical (unpaired) electrons. The van der Waals surface area contributed by atoms with Crippen LogP contribution in [0.2, 0.25) is 0 Å². The Morgan fingerprint density at radius 2 is 0.444 bits per heavy atom. The average Bonchev–Trinajstić information content (AvgIpc) is 2.82. The van der Waals surface area contributed by atoms with E-state index in [1.165, 1.54) is 65.0 Å². The molecule has 0 saturated heterocycles. The normalized spacial score (nSPS) is 11.1. The molecule has 0 aromatic carbocycles. The molecule has 0 bridgehead atoms. The van der Waals surface area contributed by atoms with Gasteiger partial charge in [-0.25, -0.2) is 0 Å². The fourth-order valence-corrected chi connectivity index (χ4v) is 0.589. The van der Waals surface area contributed by atoms with Gasteiger partial charge in [0.05, 0.1) is 29.8 Å². The van der Waals surface area contributed by atoms with E-state index in [2.05, 4.69) is 0 Å². The van der Waals surface area contributed by atoms with Gasteiger partial charge in [-0.05, 0) is 97.1 Å². The van der Waals surface area contributed by atoms with Crippen LogP contribution in [0.1, 0.15) is 69.2 Å². The summed E-state index contributed by atoms with van der Waals surface area (Å²) in [6, 6.07) is 0. The fourth-order valence-electron chi connectivity index (χ4n) is 0.589. The zero-order valence-corrected chi connectivity index (χ0v) is 24.6. The zero-order valence-electron chi connectivity index (χ0n) is 22.4. The van der Waals surface area contributed by atoms with Crippen molar-refractivity contribution in [1.29, 1.82) is 0 Å². The molecule has 0 fully saturated rings. The molecule has 0 rings (SSSR count). The van der Waals surface area contributed by atoms with Crippen LogP contribution in [0, 0.1) is 0 Å². The third-order valence-electron chi connectivity index (χ3n) is 3.77. The standard InChI is InChI=1S/5C5H8O2.Nb/c5*1-3-4(2)5(6)7;/h5*3H,1-2H3,(H,6,7);/q;;;;;+5/p-5/b5*4-3-;. The van der Waals surface area contributed by atoms with E-state index in [0.29, 0.717) is 0 Å². The summed E-state index contributed by atoms with van der Waals surface area (Å²) in [6.45, 7) is 15.8. The van der Waals surface area contributed by atoms with E-state index in [9.17, 15) is 49.5 Å². The predicted molar refractivity (Wildman–Crippen MR) is 122 cm³/mol. The van der Waals surface area contributed by atoms with E-state index < -0.39 is 29.8 Å². The Labute approximate surface area is 228 Å². The topological polar surface area (TPSA) is 201 Å². The van der Waals surface area contributed by atoms with Crippen LogP contribution < -0.4 is 25.5 Å². The molecule has 11 heteroatoms. The van der Waals surface area contributed by atoms with Gasteiger partial charge in [0.15, 0.2) is 0 Å². The van der Waals surface area contributed by atoms with Crippen LogP contribution in [0.4, 0.5) is 0 Å². The summed E-state index contributed by atoms with van der Waals surface area (Å²) in [5.74, 6) is -5.47. The van der Waals surface area contributed by atoms with Gasteiger partial charge in [-0.2, -0.15) is 0 Å². The van der Waals surface area contributed by atoms with Crippen LogP contribution in [0.15, 0.2) is 58.2 Å². The SMILES string of the molecule is C/C=C(/C)C(=O)[O-].C/C=C(/C)C(=O)[O-].C/C=C(/C)C(=O)[O-].C/C=C(/C)C(=O)[O-].C/C=C(/C)C(=O)[O-].[Nb+5]. The molecular formula is C25H35NbO10. The van der Waals surface area contributed by atoms with Gasteiger partial charge in [-0.3, -0.25) is 0 Å². The zero-order chi connectivity index (χ0) is 29.3. The van der Waals surface area contributed by atoms with Gasteiger partial charge >= 0.3 is 22.4 Å². The van der Waals surface area contributed by atoms with Crippen molar-refractivity contribution in [2.24, 2.45) is 0 Å². The largest absolute Gasteiger partial charge is 5.00 e. The van der Waals surface area contributed by atoms with Crippen LogP contribution in [-0.2, 0) is 46.4 Å². The Balaban J connectivity index is -0.0000000776. The van der Waals surface area contributed by atoms with Crippen LogP contribution in [-0.4, -0.2) is 29.8 Å². The van der Waals surface area contributed by atoms with Crippen molar-refractivity contribution < 1.29 is 71.9 Å². The minimum Gasteiger partial charge on any atom is -0.545 e. The average molecular weight is 588 g/mol. The van der Waals surface area contributed by atoms with Gasteiger partial charge in [0.25, 0.3) is 0 Å². The molecule has 0 spiro atoms. The minimum absolute atomic E-state index is 0. The quantitative estimate of drug-likeness (QED) is 0.269. The van der Waals surface area contributed by atoms with Gasteiger partial charge in [0.1, 0.15) is 0 Å². The summed E-state index contributed by atoms with van der Waals surface area (Å²) in [5, 5.41) is 48.8. The molecule has 10 nitrogen and oxygen atoms in total. The number of hydrogen-bond acceptors (Lipinski definition) is 10. The second kappa shape index (κ2) is 29.8. The van der Waals surface area contributed by atoms with Crippen molar-refractivity contribution in [2.45, 2.75) is 69.2 Å². The maximum Gasteiger partial charge on any atom is 5.00 e. The smallest absolute Gasteiger partial charge is 0.545 e. The van der Waals surface area contributed by atoms with Crippen molar-refractivity contribution in [2.75, 3.05) is 0 Å². The molecule has 36 heavy (non-hydrogen) atoms. The van der Waals surface area contributed by atoms with Crippen molar-refractivity contribution in [3.63, 3.8) is 0 Å². The van der Waals surface area contributed by atoms with Crippen LogP contribution >= 0.6 is 0 Å². The minimum atomic E-state index is -1.09. The van der Waals surface area contributed by atoms with Gasteiger partial charge < -0.3 is 49.5 Å². The second-order valence-electron chi connectivity index (χ2n) is 6.30. The molecule has 0 amide bonds. The van der Waals surface area contributed by atoms with E-state index >= 15 is 0 Å². The summed E-state index contributed by atoms with van der Waals surface area (Å²) in [5.41, 5.74) is 1.39. The first-order valence-corrected chi connectivity index (χ1v) is 10.1. The number of aliphatic carboxylic acids is 5. The Hall–Kier alpha value is -3.21. The summed E-state index contributed by atoms with van der Waals surface area (Å²) in [4.78, 5) is 48.8. The molecule has 0 saturated carbocycles. The van der Waals surface area contributed by atoms with Crippen molar-refractivity contribution in [3.8, 4) is 0 Å². The molecule has 0 unspecified atom stereocenters. The van der Waals surface area contributed by atoms with Crippen LogP contribution in [0.25, 0.3) is 0 Å². The first kappa shape index (κ1) is 46.2. The molecule has 0 aromatic heterocycles. The molecule has 0 N–H and O–H groups in total. The number of rotatable bonds is 5. The Morgan fingerprint density at radius 1 is 0.361 bits per heavy atom. The van der Waals surface area contributed by atoms with E-state index in [-0.39, 0.29) is 50.2 Å². The summed E-state index contributed by atoms with van der Waals surface area (Å²) >= 11 is 0. The Kier molecular flexibility index (Phi) is 38.2. The van der Waals surface area contributed by atoms with Gasteiger partial charge in [-0.1, -0.05) is 30.4 Å². The second-order valence-corrected chi connectivity index (χ2v) is 6.30.